The SMILES string of the molecule is CCC(C)c1ccc(CC(F)(F)CC)cc1. The first kappa shape index (κ1) is 13.1. The monoisotopic (exact) mass is 226 g/mol. The number of halogens is 2. The van der Waals surface area contributed by atoms with Crippen LogP contribution in [0.15, 0.2) is 24.3 Å². The van der Waals surface area contributed by atoms with E-state index in [9.17, 15) is 8.78 Å². The Morgan fingerprint density at radius 1 is 1.12 bits per heavy atom. The van der Waals surface area contributed by atoms with Gasteiger partial charge in [0.15, 0.2) is 0 Å². The molecule has 0 aliphatic heterocycles. The first-order valence-corrected chi connectivity index (χ1v) is 5.95. The van der Waals surface area contributed by atoms with Crippen LogP contribution in [0.4, 0.5) is 8.78 Å². The second kappa shape index (κ2) is 5.42. The molecule has 2 heteroatoms. The molecule has 0 bridgehead atoms. The molecule has 1 atom stereocenters. The Bertz CT molecular complexity index is 314. The maximum absolute atomic E-state index is 13.2. The van der Waals surface area contributed by atoms with Gasteiger partial charge in [-0.25, -0.2) is 8.78 Å². The molecule has 0 heterocycles. The van der Waals surface area contributed by atoms with E-state index >= 15 is 0 Å². The van der Waals surface area contributed by atoms with Gasteiger partial charge in [0.25, 0.3) is 5.92 Å². The van der Waals surface area contributed by atoms with Crippen molar-refractivity contribution in [2.75, 3.05) is 0 Å². The number of hydrogen-bond acceptors (Lipinski definition) is 0. The molecule has 1 aromatic rings. The Morgan fingerprint density at radius 2 is 1.69 bits per heavy atom. The number of alkyl halides is 2. The van der Waals surface area contributed by atoms with Crippen molar-refractivity contribution in [3.05, 3.63) is 35.4 Å². The van der Waals surface area contributed by atoms with E-state index < -0.39 is 5.92 Å². The van der Waals surface area contributed by atoms with Crippen molar-refractivity contribution in [3.63, 3.8) is 0 Å². The standard InChI is InChI=1S/C14H20F2/c1-4-11(3)13-8-6-12(7-9-13)10-14(15,16)5-2/h6-9,11H,4-5,10H2,1-3H3. The van der Waals surface area contributed by atoms with Crippen molar-refractivity contribution in [1.82, 2.24) is 0 Å². The first-order valence-electron chi connectivity index (χ1n) is 5.95. The molecule has 0 aliphatic carbocycles. The highest BCUT2D eigenvalue weighted by molar-refractivity contribution is 5.25. The van der Waals surface area contributed by atoms with Gasteiger partial charge in [-0.3, -0.25) is 0 Å². The Hall–Kier alpha value is -0.920. The van der Waals surface area contributed by atoms with Gasteiger partial charge in [-0.15, -0.1) is 0 Å². The van der Waals surface area contributed by atoms with Crippen molar-refractivity contribution in [1.29, 1.82) is 0 Å². The molecule has 1 aromatic carbocycles. The van der Waals surface area contributed by atoms with Gasteiger partial charge in [0, 0.05) is 12.8 Å². The summed E-state index contributed by atoms with van der Waals surface area (Å²) in [5.74, 6) is -2.07. The third-order valence-electron chi connectivity index (χ3n) is 3.14. The van der Waals surface area contributed by atoms with Gasteiger partial charge in [-0.1, -0.05) is 45.0 Å². The van der Waals surface area contributed by atoms with E-state index in [4.69, 9.17) is 0 Å². The van der Waals surface area contributed by atoms with Crippen LogP contribution in [-0.2, 0) is 6.42 Å². The van der Waals surface area contributed by atoms with Gasteiger partial charge >= 0.3 is 0 Å². The number of hydrogen-bond donors (Lipinski definition) is 0. The van der Waals surface area contributed by atoms with Gasteiger partial charge in [0.2, 0.25) is 0 Å². The van der Waals surface area contributed by atoms with Crippen molar-refractivity contribution in [2.24, 2.45) is 0 Å². The van der Waals surface area contributed by atoms with Crippen LogP contribution in [0.1, 0.15) is 50.7 Å². The summed E-state index contributed by atoms with van der Waals surface area (Å²) in [6, 6.07) is 7.58. The molecule has 0 nitrogen and oxygen atoms in total. The Kier molecular flexibility index (Phi) is 4.45. The average molecular weight is 226 g/mol. The lowest BCUT2D eigenvalue weighted by Gasteiger charge is -2.15. The molecular formula is C14H20F2. The van der Waals surface area contributed by atoms with E-state index in [0.29, 0.717) is 5.92 Å². The zero-order valence-corrected chi connectivity index (χ0v) is 10.3. The normalized spacial score (nSPS) is 13.8. The fraction of sp³-hybridized carbons (Fsp3) is 0.571. The topological polar surface area (TPSA) is 0 Å². The fourth-order valence-electron chi connectivity index (χ4n) is 1.62. The lowest BCUT2D eigenvalue weighted by molar-refractivity contribution is -0.00219. The van der Waals surface area contributed by atoms with E-state index in [1.165, 1.54) is 12.5 Å². The van der Waals surface area contributed by atoms with Crippen LogP contribution < -0.4 is 0 Å². The van der Waals surface area contributed by atoms with Crippen molar-refractivity contribution in [2.45, 2.75) is 51.9 Å². The van der Waals surface area contributed by atoms with Gasteiger partial charge in [-0.2, -0.15) is 0 Å². The van der Waals surface area contributed by atoms with E-state index in [1.54, 1.807) is 0 Å². The van der Waals surface area contributed by atoms with Crippen LogP contribution >= 0.6 is 0 Å². The highest BCUT2D eigenvalue weighted by atomic mass is 19.3. The summed E-state index contributed by atoms with van der Waals surface area (Å²) in [6.07, 6.45) is 0.828. The van der Waals surface area contributed by atoms with Crippen LogP contribution in [0.5, 0.6) is 0 Å². The molecule has 0 aromatic heterocycles. The van der Waals surface area contributed by atoms with Gasteiger partial charge in [0.1, 0.15) is 0 Å². The summed E-state index contributed by atoms with van der Waals surface area (Å²) in [4.78, 5) is 0. The minimum Gasteiger partial charge on any atom is -0.207 e. The van der Waals surface area contributed by atoms with E-state index in [0.717, 1.165) is 12.0 Å². The van der Waals surface area contributed by atoms with Crippen LogP contribution in [0, 0.1) is 0 Å². The largest absolute Gasteiger partial charge is 0.251 e. The minimum absolute atomic E-state index is 0.0971. The van der Waals surface area contributed by atoms with Crippen molar-refractivity contribution in [3.8, 4) is 0 Å². The molecule has 0 amide bonds. The second-order valence-corrected chi connectivity index (χ2v) is 4.44. The number of benzene rings is 1. The Labute approximate surface area is 96.7 Å². The van der Waals surface area contributed by atoms with Crippen LogP contribution in [-0.4, -0.2) is 5.92 Å². The lowest BCUT2D eigenvalue weighted by Crippen LogP contribution is -2.17. The molecular weight excluding hydrogens is 206 g/mol. The molecule has 1 unspecified atom stereocenters. The van der Waals surface area contributed by atoms with Crippen LogP contribution in [0.25, 0.3) is 0 Å². The molecule has 16 heavy (non-hydrogen) atoms. The molecule has 90 valence electrons. The maximum Gasteiger partial charge on any atom is 0.251 e. The predicted molar refractivity (Wildman–Crippen MR) is 64.1 cm³/mol. The van der Waals surface area contributed by atoms with Gasteiger partial charge < -0.3 is 0 Å². The van der Waals surface area contributed by atoms with Gasteiger partial charge in [-0.05, 0) is 23.5 Å². The van der Waals surface area contributed by atoms with Crippen LogP contribution in [0.2, 0.25) is 0 Å². The Morgan fingerprint density at radius 3 is 2.12 bits per heavy atom. The summed E-state index contributed by atoms with van der Waals surface area (Å²) >= 11 is 0. The molecule has 1 rings (SSSR count). The smallest absolute Gasteiger partial charge is 0.207 e. The highest BCUT2D eigenvalue weighted by Crippen LogP contribution is 2.25. The van der Waals surface area contributed by atoms with E-state index in [1.807, 2.05) is 24.3 Å². The summed E-state index contributed by atoms with van der Waals surface area (Å²) in [7, 11) is 0. The first-order chi connectivity index (χ1) is 7.48. The predicted octanol–water partition coefficient (Wildman–Crippen LogP) is 4.79. The summed E-state index contributed by atoms with van der Waals surface area (Å²) in [5, 5.41) is 0. The highest BCUT2D eigenvalue weighted by Gasteiger charge is 2.26. The third kappa shape index (κ3) is 3.58. The van der Waals surface area contributed by atoms with Crippen molar-refractivity contribution < 1.29 is 8.78 Å². The number of rotatable bonds is 5. The maximum atomic E-state index is 13.2. The fourth-order valence-corrected chi connectivity index (χ4v) is 1.62. The Balaban J connectivity index is 2.72. The minimum atomic E-state index is -2.57. The van der Waals surface area contributed by atoms with Crippen LogP contribution in [0.3, 0.4) is 0 Å². The third-order valence-corrected chi connectivity index (χ3v) is 3.14. The second-order valence-electron chi connectivity index (χ2n) is 4.44. The molecule has 0 saturated heterocycles. The molecule has 0 fully saturated rings. The summed E-state index contributed by atoms with van der Waals surface area (Å²) in [5.41, 5.74) is 1.95. The zero-order valence-electron chi connectivity index (χ0n) is 10.3. The van der Waals surface area contributed by atoms with Crippen molar-refractivity contribution >= 4 is 0 Å². The molecule has 0 radical (unpaired) electrons. The lowest BCUT2D eigenvalue weighted by atomic mass is 9.96. The van der Waals surface area contributed by atoms with E-state index in [2.05, 4.69) is 13.8 Å². The summed E-state index contributed by atoms with van der Waals surface area (Å²) < 4.78 is 26.3. The summed E-state index contributed by atoms with van der Waals surface area (Å²) in [6.45, 7) is 5.80. The zero-order chi connectivity index (χ0) is 12.2. The van der Waals surface area contributed by atoms with Gasteiger partial charge in [0.05, 0.1) is 0 Å². The molecule has 0 N–H and O–H groups in total. The average Bonchev–Trinajstić information content (AvgIpc) is 2.28. The molecule has 0 aliphatic rings. The van der Waals surface area contributed by atoms with E-state index in [-0.39, 0.29) is 12.8 Å². The molecule has 0 spiro atoms. The molecule has 0 saturated carbocycles. The quantitative estimate of drug-likeness (QED) is 0.677.